The van der Waals surface area contributed by atoms with Crippen molar-refractivity contribution in [2.45, 2.75) is 33.2 Å². The first-order valence-corrected chi connectivity index (χ1v) is 8.59. The van der Waals surface area contributed by atoms with E-state index in [2.05, 4.69) is 17.1 Å². The lowest BCUT2D eigenvalue weighted by molar-refractivity contribution is 0.0545. The van der Waals surface area contributed by atoms with E-state index in [-0.39, 0.29) is 6.03 Å². The summed E-state index contributed by atoms with van der Waals surface area (Å²) < 4.78 is 5.46. The number of hydrogen-bond donors (Lipinski definition) is 1. The second-order valence-corrected chi connectivity index (χ2v) is 5.99. The van der Waals surface area contributed by atoms with Crippen molar-refractivity contribution in [2.75, 3.05) is 44.7 Å². The van der Waals surface area contributed by atoms with Gasteiger partial charge in [-0.05, 0) is 31.9 Å². The second-order valence-electron chi connectivity index (χ2n) is 5.99. The van der Waals surface area contributed by atoms with Gasteiger partial charge in [-0.3, -0.25) is 4.90 Å². The summed E-state index contributed by atoms with van der Waals surface area (Å²) in [4.78, 5) is 16.9. The number of urea groups is 1. The zero-order chi connectivity index (χ0) is 16.7. The number of nitrogens with zero attached hydrogens (tertiary/aromatic N) is 2. The van der Waals surface area contributed by atoms with Crippen molar-refractivity contribution in [3.8, 4) is 0 Å². The van der Waals surface area contributed by atoms with Gasteiger partial charge in [-0.25, -0.2) is 4.79 Å². The highest BCUT2D eigenvalue weighted by molar-refractivity contribution is 5.90. The van der Waals surface area contributed by atoms with Crippen molar-refractivity contribution < 1.29 is 9.53 Å². The van der Waals surface area contributed by atoms with E-state index in [1.807, 2.05) is 43.0 Å². The Morgan fingerprint density at radius 3 is 2.78 bits per heavy atom. The Balaban J connectivity index is 1.89. The minimum Gasteiger partial charge on any atom is -0.380 e. The van der Waals surface area contributed by atoms with Gasteiger partial charge in [0.15, 0.2) is 0 Å². The smallest absolute Gasteiger partial charge is 0.321 e. The number of benzene rings is 1. The van der Waals surface area contributed by atoms with Gasteiger partial charge in [0.1, 0.15) is 0 Å². The van der Waals surface area contributed by atoms with Crippen molar-refractivity contribution in [3.63, 3.8) is 0 Å². The number of ether oxygens (including phenoxy) is 1. The molecular weight excluding hydrogens is 290 g/mol. The van der Waals surface area contributed by atoms with E-state index in [0.717, 1.165) is 57.1 Å². The van der Waals surface area contributed by atoms with Crippen LogP contribution in [0.2, 0.25) is 0 Å². The molecule has 23 heavy (non-hydrogen) atoms. The molecule has 0 saturated carbocycles. The summed E-state index contributed by atoms with van der Waals surface area (Å²) in [7, 11) is 0. The van der Waals surface area contributed by atoms with Crippen LogP contribution in [0.4, 0.5) is 10.5 Å². The highest BCUT2D eigenvalue weighted by Crippen LogP contribution is 2.17. The number of anilines is 1. The second kappa shape index (κ2) is 8.89. The number of rotatable bonds is 6. The van der Waals surface area contributed by atoms with Crippen LogP contribution >= 0.6 is 0 Å². The quantitative estimate of drug-likeness (QED) is 0.820. The molecule has 2 rings (SSSR count). The van der Waals surface area contributed by atoms with Gasteiger partial charge >= 0.3 is 6.03 Å². The lowest BCUT2D eigenvalue weighted by atomic mass is 10.1. The molecule has 5 heteroatoms. The third kappa shape index (κ3) is 4.94. The maximum absolute atomic E-state index is 12.5. The van der Waals surface area contributed by atoms with E-state index < -0.39 is 0 Å². The van der Waals surface area contributed by atoms with E-state index >= 15 is 0 Å². The normalized spacial score (nSPS) is 18.9. The predicted octanol–water partition coefficient (Wildman–Crippen LogP) is 2.96. The monoisotopic (exact) mass is 319 g/mol. The fourth-order valence-corrected chi connectivity index (χ4v) is 2.99. The van der Waals surface area contributed by atoms with Crippen molar-refractivity contribution >= 4 is 11.7 Å². The fraction of sp³-hybridized carbons (Fsp3) is 0.611. The highest BCUT2D eigenvalue weighted by Gasteiger charge is 2.28. The number of para-hydroxylation sites is 1. The Labute approximate surface area is 139 Å². The molecule has 0 aliphatic carbocycles. The van der Waals surface area contributed by atoms with E-state index in [1.165, 1.54) is 0 Å². The number of carbonyl (C=O) groups excluding carboxylic acids is 1. The van der Waals surface area contributed by atoms with Gasteiger partial charge in [-0.1, -0.05) is 25.1 Å². The van der Waals surface area contributed by atoms with Crippen LogP contribution in [0, 0.1) is 6.92 Å². The molecule has 0 bridgehead atoms. The molecule has 0 unspecified atom stereocenters. The third-order valence-corrected chi connectivity index (χ3v) is 4.48. The molecule has 0 aromatic heterocycles. The first kappa shape index (κ1) is 17.8. The van der Waals surface area contributed by atoms with Crippen molar-refractivity contribution in [1.29, 1.82) is 0 Å². The summed E-state index contributed by atoms with van der Waals surface area (Å²) in [5.74, 6) is 0. The Hall–Kier alpha value is -1.59. The molecule has 1 aromatic carbocycles. The molecule has 1 aliphatic heterocycles. The number of piperazine rings is 1. The molecule has 1 saturated heterocycles. The molecule has 0 radical (unpaired) electrons. The highest BCUT2D eigenvalue weighted by atomic mass is 16.5. The van der Waals surface area contributed by atoms with Gasteiger partial charge in [0, 0.05) is 44.5 Å². The van der Waals surface area contributed by atoms with E-state index in [1.54, 1.807) is 0 Å². The molecule has 0 spiro atoms. The summed E-state index contributed by atoms with van der Waals surface area (Å²) in [6, 6.07) is 8.30. The summed E-state index contributed by atoms with van der Waals surface area (Å²) in [5, 5.41) is 3.04. The molecule has 1 aromatic rings. The molecule has 1 heterocycles. The summed E-state index contributed by atoms with van der Waals surface area (Å²) in [6.45, 7) is 11.1. The zero-order valence-electron chi connectivity index (χ0n) is 14.5. The third-order valence-electron chi connectivity index (χ3n) is 4.48. The Morgan fingerprint density at radius 1 is 1.30 bits per heavy atom. The lowest BCUT2D eigenvalue weighted by Gasteiger charge is -2.41. The van der Waals surface area contributed by atoms with Crippen LogP contribution in [-0.2, 0) is 4.74 Å². The Bertz CT molecular complexity index is 507. The minimum atomic E-state index is 0.00204. The molecule has 5 nitrogen and oxygen atoms in total. The van der Waals surface area contributed by atoms with Crippen LogP contribution in [0.1, 0.15) is 25.8 Å². The molecule has 1 atom stereocenters. The van der Waals surface area contributed by atoms with E-state index in [4.69, 9.17) is 4.74 Å². The van der Waals surface area contributed by atoms with Gasteiger partial charge in [-0.15, -0.1) is 0 Å². The molecule has 128 valence electrons. The van der Waals surface area contributed by atoms with Crippen LogP contribution in [0.25, 0.3) is 0 Å². The number of nitrogens with one attached hydrogen (secondary N) is 1. The van der Waals surface area contributed by atoms with E-state index in [0.29, 0.717) is 6.04 Å². The van der Waals surface area contributed by atoms with Gasteiger partial charge in [0.25, 0.3) is 0 Å². The Morgan fingerprint density at radius 2 is 2.09 bits per heavy atom. The first-order chi connectivity index (χ1) is 11.2. The number of aryl methyl sites for hydroxylation is 1. The minimum absolute atomic E-state index is 0.00204. The largest absolute Gasteiger partial charge is 0.380 e. The average molecular weight is 319 g/mol. The van der Waals surface area contributed by atoms with Crippen LogP contribution in [0.15, 0.2) is 24.3 Å². The van der Waals surface area contributed by atoms with Crippen LogP contribution in [-0.4, -0.2) is 61.3 Å². The van der Waals surface area contributed by atoms with Gasteiger partial charge in [0.2, 0.25) is 0 Å². The Kier molecular flexibility index (Phi) is 6.86. The summed E-state index contributed by atoms with van der Waals surface area (Å²) >= 11 is 0. The number of hydrogen-bond acceptors (Lipinski definition) is 3. The van der Waals surface area contributed by atoms with Crippen molar-refractivity contribution in [2.24, 2.45) is 0 Å². The first-order valence-electron chi connectivity index (χ1n) is 8.59. The van der Waals surface area contributed by atoms with Crippen molar-refractivity contribution in [1.82, 2.24) is 9.80 Å². The average Bonchev–Trinajstić information content (AvgIpc) is 2.57. The molecule has 2 amide bonds. The van der Waals surface area contributed by atoms with Crippen LogP contribution < -0.4 is 5.32 Å². The topological polar surface area (TPSA) is 44.8 Å². The van der Waals surface area contributed by atoms with Gasteiger partial charge in [0.05, 0.1) is 6.61 Å². The summed E-state index contributed by atoms with van der Waals surface area (Å²) in [6.07, 6.45) is 1.04. The van der Waals surface area contributed by atoms with E-state index in [9.17, 15) is 4.79 Å². The lowest BCUT2D eigenvalue weighted by Crippen LogP contribution is -2.56. The number of amides is 2. The zero-order valence-corrected chi connectivity index (χ0v) is 14.5. The molecule has 1 N–H and O–H groups in total. The van der Waals surface area contributed by atoms with Crippen molar-refractivity contribution in [3.05, 3.63) is 29.8 Å². The van der Waals surface area contributed by atoms with Crippen LogP contribution in [0.3, 0.4) is 0 Å². The van der Waals surface area contributed by atoms with Gasteiger partial charge < -0.3 is 15.0 Å². The van der Waals surface area contributed by atoms with Gasteiger partial charge in [-0.2, -0.15) is 0 Å². The maximum atomic E-state index is 12.5. The fourth-order valence-electron chi connectivity index (χ4n) is 2.99. The SMILES string of the molecule is CCOCCN1CCN(C(=O)Nc2ccccc2C)C[C@H]1CC. The molecule has 1 fully saturated rings. The molecular formula is C18H29N3O2. The summed E-state index contributed by atoms with van der Waals surface area (Å²) in [5.41, 5.74) is 1.98. The predicted molar refractivity (Wildman–Crippen MR) is 93.9 cm³/mol. The van der Waals surface area contributed by atoms with Crippen LogP contribution in [0.5, 0.6) is 0 Å². The molecule has 1 aliphatic rings. The standard InChI is InChI=1S/C18H29N3O2/c1-4-16-14-21(11-10-20(16)12-13-23-5-2)18(22)19-17-9-7-6-8-15(17)3/h6-9,16H,4-5,10-14H2,1-3H3,(H,19,22)/t16-/m1/s1. The number of carbonyl (C=O) groups is 1. The maximum Gasteiger partial charge on any atom is 0.321 e.